The van der Waals surface area contributed by atoms with Gasteiger partial charge in [-0.15, -0.1) is 0 Å². The van der Waals surface area contributed by atoms with Crippen molar-refractivity contribution in [1.29, 1.82) is 0 Å². The zero-order chi connectivity index (χ0) is 24.8. The Morgan fingerprint density at radius 3 is 2.54 bits per heavy atom. The molecule has 2 heterocycles. The van der Waals surface area contributed by atoms with Crippen LogP contribution < -0.4 is 5.43 Å². The first-order valence-electron chi connectivity index (χ1n) is 11.8. The highest BCUT2D eigenvalue weighted by atomic mass is 35.5. The molecule has 8 heteroatoms. The summed E-state index contributed by atoms with van der Waals surface area (Å²) in [6, 6.07) is 13.0. The lowest BCUT2D eigenvalue weighted by atomic mass is 10.1. The maximum absolute atomic E-state index is 13.2. The molecule has 0 aliphatic carbocycles. The number of amides is 1. The molecule has 0 saturated carbocycles. The van der Waals surface area contributed by atoms with E-state index in [4.69, 9.17) is 33.3 Å². The van der Waals surface area contributed by atoms with Crippen LogP contribution in [0.15, 0.2) is 42.5 Å². The van der Waals surface area contributed by atoms with Crippen LogP contribution >= 0.6 is 23.2 Å². The molecule has 0 radical (unpaired) electrons. The van der Waals surface area contributed by atoms with Gasteiger partial charge in [-0.2, -0.15) is 0 Å². The number of halogens is 2. The molecule has 2 N–H and O–H groups in total. The lowest BCUT2D eigenvalue weighted by Gasteiger charge is -2.26. The number of aliphatic hydroxyl groups excluding tert-OH is 1. The van der Waals surface area contributed by atoms with Crippen LogP contribution in [0.1, 0.15) is 53.8 Å². The average Bonchev–Trinajstić information content (AvgIpc) is 3.19. The molecule has 1 aliphatic heterocycles. The fourth-order valence-electron chi connectivity index (χ4n) is 4.11. The predicted octanol–water partition coefficient (Wildman–Crippen LogP) is 5.41. The van der Waals surface area contributed by atoms with E-state index in [0.717, 1.165) is 37.2 Å². The van der Waals surface area contributed by atoms with Gasteiger partial charge in [-0.3, -0.25) is 14.8 Å². The van der Waals surface area contributed by atoms with E-state index in [0.29, 0.717) is 45.7 Å². The molecule has 1 aliphatic rings. The third-order valence-corrected chi connectivity index (χ3v) is 6.48. The standard InChI is InChI=1S/C27H28Cl2N4O2/c1-19-25(27(35)31-32-15-5-3-6-16-32)30-26(23-14-11-21(28)18-24(23)29)33(19)22-12-9-20(10-13-22)8-4-2-7-17-34/h9-14,18,34H,2-3,5-7,15-17H2,1H3,(H,31,35). The van der Waals surface area contributed by atoms with Crippen LogP contribution in [0.25, 0.3) is 17.1 Å². The van der Waals surface area contributed by atoms with Crippen LogP contribution in [0, 0.1) is 18.8 Å². The molecule has 3 aromatic rings. The number of piperidine rings is 1. The second kappa shape index (κ2) is 11.7. The number of benzene rings is 2. The fraction of sp³-hybridized carbons (Fsp3) is 0.333. The third kappa shape index (κ3) is 6.06. The van der Waals surface area contributed by atoms with Gasteiger partial charge in [0.15, 0.2) is 5.69 Å². The first-order chi connectivity index (χ1) is 17.0. The molecule has 182 valence electrons. The van der Waals surface area contributed by atoms with Crippen molar-refractivity contribution in [2.45, 2.75) is 39.0 Å². The Morgan fingerprint density at radius 1 is 1.11 bits per heavy atom. The Labute approximate surface area is 215 Å². The van der Waals surface area contributed by atoms with Crippen molar-refractivity contribution in [3.05, 3.63) is 69.5 Å². The molecule has 1 aromatic heterocycles. The first-order valence-corrected chi connectivity index (χ1v) is 12.5. The minimum Gasteiger partial charge on any atom is -0.396 e. The van der Waals surface area contributed by atoms with Gasteiger partial charge in [0.25, 0.3) is 5.91 Å². The van der Waals surface area contributed by atoms with Gasteiger partial charge in [-0.25, -0.2) is 9.99 Å². The lowest BCUT2D eigenvalue weighted by Crippen LogP contribution is -2.45. The summed E-state index contributed by atoms with van der Waals surface area (Å²) < 4.78 is 1.93. The number of aromatic nitrogens is 2. The van der Waals surface area contributed by atoms with E-state index in [1.165, 1.54) is 6.42 Å². The molecule has 0 unspecified atom stereocenters. The molecule has 35 heavy (non-hydrogen) atoms. The Balaban J connectivity index is 1.72. The summed E-state index contributed by atoms with van der Waals surface area (Å²) in [6.07, 6.45) is 4.62. The Bertz CT molecular complexity index is 1250. The predicted molar refractivity (Wildman–Crippen MR) is 140 cm³/mol. The van der Waals surface area contributed by atoms with Gasteiger partial charge in [-0.1, -0.05) is 41.5 Å². The number of hydrazine groups is 1. The zero-order valence-electron chi connectivity index (χ0n) is 19.7. The van der Waals surface area contributed by atoms with Crippen LogP contribution in [0.2, 0.25) is 10.0 Å². The molecule has 0 spiro atoms. The monoisotopic (exact) mass is 510 g/mol. The zero-order valence-corrected chi connectivity index (χ0v) is 21.2. The van der Waals surface area contributed by atoms with Crippen LogP contribution in [0.4, 0.5) is 0 Å². The van der Waals surface area contributed by atoms with Crippen molar-refractivity contribution in [3.8, 4) is 28.9 Å². The minimum absolute atomic E-state index is 0.136. The van der Waals surface area contributed by atoms with Gasteiger partial charge in [0.05, 0.1) is 10.7 Å². The summed E-state index contributed by atoms with van der Waals surface area (Å²) in [4.78, 5) is 18.0. The maximum Gasteiger partial charge on any atom is 0.286 e. The van der Waals surface area contributed by atoms with E-state index in [2.05, 4.69) is 17.3 Å². The molecule has 0 atom stereocenters. The van der Waals surface area contributed by atoms with Gasteiger partial charge in [0.1, 0.15) is 5.82 Å². The number of carbonyl (C=O) groups excluding carboxylic acids is 1. The summed E-state index contributed by atoms with van der Waals surface area (Å²) in [5.74, 6) is 6.51. The van der Waals surface area contributed by atoms with Crippen molar-refractivity contribution < 1.29 is 9.90 Å². The number of hydrogen-bond donors (Lipinski definition) is 2. The third-order valence-electron chi connectivity index (χ3n) is 5.93. The van der Waals surface area contributed by atoms with E-state index in [1.54, 1.807) is 12.1 Å². The average molecular weight is 511 g/mol. The van der Waals surface area contributed by atoms with Crippen molar-refractivity contribution in [2.24, 2.45) is 0 Å². The molecule has 1 fully saturated rings. The van der Waals surface area contributed by atoms with E-state index >= 15 is 0 Å². The van der Waals surface area contributed by atoms with Crippen LogP contribution in [0.5, 0.6) is 0 Å². The minimum atomic E-state index is -0.235. The topological polar surface area (TPSA) is 70.4 Å². The van der Waals surface area contributed by atoms with E-state index in [1.807, 2.05) is 46.8 Å². The highest BCUT2D eigenvalue weighted by Gasteiger charge is 2.24. The molecular weight excluding hydrogens is 483 g/mol. The van der Waals surface area contributed by atoms with Crippen LogP contribution in [-0.2, 0) is 0 Å². The molecule has 2 aromatic carbocycles. The Morgan fingerprint density at radius 2 is 1.86 bits per heavy atom. The lowest BCUT2D eigenvalue weighted by molar-refractivity contribution is 0.0744. The smallest absolute Gasteiger partial charge is 0.286 e. The normalized spacial score (nSPS) is 13.8. The van der Waals surface area contributed by atoms with Crippen LogP contribution in [-0.4, -0.2) is 45.3 Å². The van der Waals surface area contributed by atoms with Crippen molar-refractivity contribution >= 4 is 29.1 Å². The molecular formula is C27H28Cl2N4O2. The quantitative estimate of drug-likeness (QED) is 0.343. The molecule has 6 nitrogen and oxygen atoms in total. The van der Waals surface area contributed by atoms with E-state index < -0.39 is 0 Å². The fourth-order valence-corrected chi connectivity index (χ4v) is 4.61. The SMILES string of the molecule is Cc1c(C(=O)NN2CCCCC2)nc(-c2ccc(Cl)cc2Cl)n1-c1ccc(C#CCCCO)cc1. The number of rotatable bonds is 6. The second-order valence-electron chi connectivity index (χ2n) is 8.49. The highest BCUT2D eigenvalue weighted by molar-refractivity contribution is 6.36. The van der Waals surface area contributed by atoms with Crippen LogP contribution in [0.3, 0.4) is 0 Å². The number of aliphatic hydroxyl groups is 1. The summed E-state index contributed by atoms with van der Waals surface area (Å²) in [5, 5.41) is 11.9. The van der Waals surface area contributed by atoms with Gasteiger partial charge in [0, 0.05) is 48.0 Å². The summed E-state index contributed by atoms with van der Waals surface area (Å²) in [5.41, 5.74) is 6.48. The number of imidazole rings is 1. The summed E-state index contributed by atoms with van der Waals surface area (Å²) >= 11 is 12.7. The van der Waals surface area contributed by atoms with Gasteiger partial charge >= 0.3 is 0 Å². The van der Waals surface area contributed by atoms with Gasteiger partial charge < -0.3 is 5.11 Å². The highest BCUT2D eigenvalue weighted by Crippen LogP contribution is 2.33. The number of nitrogens with one attached hydrogen (secondary N) is 1. The number of hydrogen-bond acceptors (Lipinski definition) is 4. The Kier molecular flexibility index (Phi) is 8.48. The van der Waals surface area contributed by atoms with E-state index in [9.17, 15) is 4.79 Å². The molecule has 0 bridgehead atoms. The first kappa shape index (κ1) is 25.3. The van der Waals surface area contributed by atoms with Crippen molar-refractivity contribution in [1.82, 2.24) is 20.0 Å². The number of nitrogens with zero attached hydrogens (tertiary/aromatic N) is 3. The molecule has 1 saturated heterocycles. The van der Waals surface area contributed by atoms with E-state index in [-0.39, 0.29) is 12.5 Å². The van der Waals surface area contributed by atoms with Gasteiger partial charge in [0.2, 0.25) is 0 Å². The largest absolute Gasteiger partial charge is 0.396 e. The Hall–Kier alpha value is -2.82. The number of unbranched alkanes of at least 4 members (excludes halogenated alkanes) is 1. The van der Waals surface area contributed by atoms with Crippen molar-refractivity contribution in [3.63, 3.8) is 0 Å². The maximum atomic E-state index is 13.2. The summed E-state index contributed by atoms with van der Waals surface area (Å²) in [6.45, 7) is 3.69. The number of carbonyl (C=O) groups is 1. The molecule has 1 amide bonds. The van der Waals surface area contributed by atoms with Crippen molar-refractivity contribution in [2.75, 3.05) is 19.7 Å². The molecule has 4 rings (SSSR count). The summed E-state index contributed by atoms with van der Waals surface area (Å²) in [7, 11) is 0. The van der Waals surface area contributed by atoms with Gasteiger partial charge in [-0.05, 0) is 68.7 Å². The second-order valence-corrected chi connectivity index (χ2v) is 9.34.